The topological polar surface area (TPSA) is 359 Å². The molecule has 4 aliphatic rings. The zero-order chi connectivity index (χ0) is 97.8. The second-order valence-electron chi connectivity index (χ2n) is 37.0. The number of amides is 8. The predicted molar refractivity (Wildman–Crippen MR) is 514 cm³/mol. The maximum Gasteiger partial charge on any atom is 0.259 e. The monoisotopic (exact) mass is 1930 g/mol. The first-order valence-electron chi connectivity index (χ1n) is 44.9. The molecule has 0 unspecified atom stereocenters. The molecular formula is C99H116Cl2F2N14O16S2. The number of rotatable bonds is 40. The van der Waals surface area contributed by atoms with Crippen molar-refractivity contribution in [3.05, 3.63) is 190 Å². The number of likely N-dealkylation sites (tertiary alicyclic amines) is 2. The number of unbranched alkanes of at least 4 members (excludes halogenated alkanes) is 2. The Bertz CT molecular complexity index is 5660. The fourth-order valence-electron chi connectivity index (χ4n) is 16.1. The number of hydrogen-bond donors (Lipinski definition) is 4. The molecule has 12 rings (SSSR count). The summed E-state index contributed by atoms with van der Waals surface area (Å²) in [5, 5.41) is 30.8. The van der Waals surface area contributed by atoms with Crippen LogP contribution < -0.4 is 50.3 Å². The van der Waals surface area contributed by atoms with Crippen molar-refractivity contribution in [1.29, 1.82) is 10.5 Å². The van der Waals surface area contributed by atoms with E-state index < -0.39 is 69.5 Å². The molecule has 0 bridgehead atoms. The Morgan fingerprint density at radius 1 is 0.533 bits per heavy atom. The summed E-state index contributed by atoms with van der Waals surface area (Å²) in [6.07, 6.45) is 9.06. The molecule has 0 saturated carbocycles. The second kappa shape index (κ2) is 46.6. The summed E-state index contributed by atoms with van der Waals surface area (Å²) in [5.74, 6) is -2.18. The number of thiocarbonyl (C=S) groups is 2. The maximum atomic E-state index is 15.3. The van der Waals surface area contributed by atoms with Gasteiger partial charge in [-0.2, -0.15) is 10.5 Å². The Kier molecular flexibility index (Phi) is 35.8. The summed E-state index contributed by atoms with van der Waals surface area (Å²) in [4.78, 5) is 125. The van der Waals surface area contributed by atoms with Gasteiger partial charge in [0.15, 0.2) is 57.7 Å². The second-order valence-corrected chi connectivity index (χ2v) is 38.5. The molecular weight excluding hydrogens is 1810 g/mol. The van der Waals surface area contributed by atoms with Crippen LogP contribution >= 0.6 is 47.6 Å². The van der Waals surface area contributed by atoms with Gasteiger partial charge in [0.2, 0.25) is 35.4 Å². The Labute approximate surface area is 806 Å². The van der Waals surface area contributed by atoms with E-state index in [1.165, 1.54) is 71.1 Å². The highest BCUT2D eigenvalue weighted by atomic mass is 35.5. The summed E-state index contributed by atoms with van der Waals surface area (Å²) in [5.41, 5.74) is 2.88. The lowest BCUT2D eigenvalue weighted by atomic mass is 9.85. The van der Waals surface area contributed by atoms with Gasteiger partial charge >= 0.3 is 0 Å². The number of oxazole rings is 2. The molecule has 8 amide bonds. The van der Waals surface area contributed by atoms with Crippen molar-refractivity contribution >= 4 is 128 Å². The molecule has 718 valence electrons. The molecule has 0 radical (unpaired) electrons. The molecule has 4 N–H and O–H groups in total. The van der Waals surface area contributed by atoms with Gasteiger partial charge in [0.05, 0.1) is 57.7 Å². The molecule has 0 spiro atoms. The highest BCUT2D eigenvalue weighted by Crippen LogP contribution is 2.42. The summed E-state index contributed by atoms with van der Waals surface area (Å²) < 4.78 is 75.5. The van der Waals surface area contributed by atoms with Gasteiger partial charge in [-0.3, -0.25) is 48.2 Å². The van der Waals surface area contributed by atoms with Gasteiger partial charge in [-0.1, -0.05) is 127 Å². The van der Waals surface area contributed by atoms with Crippen LogP contribution in [0.1, 0.15) is 162 Å². The SMILES string of the molecule is C[C@@H]1C[C@@H](C(=O)NCc2ccc(-c3cnco3)cc2)N(C(=O)[C@@H](NC(=O)COCCCOCCCCOc2ccc(N3C(=S)N(c4ccc(C#N)c(Cl)c4)C(=O)C3(C)C)cc2F)C(C)(C)C)C1.Cc1ncoc1-c1ccc(CNC(=O)[C@@H]2C[C@@H](C)CN2C(=O)[C@@H](NC(=O)COCCCOCCCCOc2ccc(N3C(=S)N(c4ccc(C#N)c(Cl)c4)C(=O)C3(C)C)cc2F)C(C)(C)C)cc1. The van der Waals surface area contributed by atoms with Crippen molar-refractivity contribution in [2.75, 3.05) is 98.8 Å². The molecule has 6 atom stereocenters. The van der Waals surface area contributed by atoms with Crippen molar-refractivity contribution in [3.63, 3.8) is 0 Å². The molecule has 2 aromatic heterocycles. The van der Waals surface area contributed by atoms with Crippen LogP contribution in [0.5, 0.6) is 11.5 Å². The molecule has 4 saturated heterocycles. The van der Waals surface area contributed by atoms with Crippen molar-refractivity contribution in [3.8, 4) is 46.3 Å². The van der Waals surface area contributed by atoms with Gasteiger partial charge in [0, 0.05) is 100 Å². The number of nitrogens with one attached hydrogen (secondary N) is 4. The third-order valence-corrected chi connectivity index (χ3v) is 24.8. The minimum atomic E-state index is -1.14. The highest BCUT2D eigenvalue weighted by Gasteiger charge is 2.53. The van der Waals surface area contributed by atoms with Gasteiger partial charge in [0.1, 0.15) is 60.6 Å². The van der Waals surface area contributed by atoms with Gasteiger partial charge < -0.3 is 78.1 Å². The van der Waals surface area contributed by atoms with Crippen LogP contribution in [-0.2, 0) is 70.4 Å². The van der Waals surface area contributed by atoms with Crippen LogP contribution in [0.25, 0.3) is 22.6 Å². The average molecular weight is 1930 g/mol. The molecule has 0 aliphatic carbocycles. The Hall–Kier alpha value is -11.9. The van der Waals surface area contributed by atoms with Gasteiger partial charge in [-0.15, -0.1) is 0 Å². The maximum absolute atomic E-state index is 15.3. The predicted octanol–water partition coefficient (Wildman–Crippen LogP) is 15.5. The fraction of sp³-hybridized carbons (Fsp3) is 0.455. The minimum absolute atomic E-state index is 0.0610. The normalized spacial score (nSPS) is 17.4. The number of hydrogen-bond acceptors (Lipinski definition) is 22. The van der Waals surface area contributed by atoms with E-state index in [2.05, 4.69) is 31.2 Å². The van der Waals surface area contributed by atoms with E-state index in [1.807, 2.05) is 123 Å². The summed E-state index contributed by atoms with van der Waals surface area (Å²) in [6.45, 7) is 27.5. The van der Waals surface area contributed by atoms with Crippen LogP contribution in [0.15, 0.2) is 149 Å². The lowest BCUT2D eigenvalue weighted by molar-refractivity contribution is -0.144. The van der Waals surface area contributed by atoms with E-state index in [4.69, 9.17) is 84.9 Å². The first kappa shape index (κ1) is 104. The van der Waals surface area contributed by atoms with Crippen LogP contribution in [-0.4, -0.2) is 192 Å². The third-order valence-electron chi connectivity index (χ3n) is 23.4. The molecule has 4 fully saturated rings. The van der Waals surface area contributed by atoms with E-state index in [9.17, 15) is 48.9 Å². The standard InChI is InChI=1S/C50H59ClFN7O8S.C49H57ClFN7O8S/c1-31-23-40(45(61)54-27-33-11-13-34(14-12-33)43-32(2)55-30-67-43)57(28-31)46(62)44(49(3,4)5)56-42(60)29-65-21-10-20-64-19-8-9-22-66-41-18-17-37(25-39(41)52)59-48(68)58(47(63)50(59,6)7)36-16-15-35(26-53)38(51)24-36;1-31-22-39(44(60)54-26-32-10-12-33(13-11-32)41-27-53-30-66-41)56(28-31)45(61)43(48(2,3)4)55-42(59)29-64-20-9-19-63-18-7-8-21-65-40-17-16-36(24-38(40)51)58-47(67)57(46(62)49(58,5)6)35-15-14-34(25-52)37(50)23-35/h11-18,24-25,30-31,40,44H,8-10,19-23,27-29H2,1-7H3,(H,54,61)(H,56,60);10-17,23-24,27,30-31,39,43H,7-9,18-22,26,28-29H2,1-6H3,(H,54,60)(H,55,59)/t31-,40+,44-;31-,39+,43-/m11/s1. The molecule has 6 heterocycles. The smallest absolute Gasteiger partial charge is 0.259 e. The van der Waals surface area contributed by atoms with Gasteiger partial charge in [-0.05, 0) is 205 Å². The Morgan fingerprint density at radius 3 is 1.30 bits per heavy atom. The zero-order valence-electron chi connectivity index (χ0n) is 78.1. The number of anilines is 4. The summed E-state index contributed by atoms with van der Waals surface area (Å²) >= 11 is 23.8. The average Bonchev–Trinajstić information content (AvgIpc) is 1.59. The van der Waals surface area contributed by atoms with E-state index in [-0.39, 0.29) is 130 Å². The van der Waals surface area contributed by atoms with E-state index in [1.54, 1.807) is 77.8 Å². The Morgan fingerprint density at radius 2 is 0.926 bits per heavy atom. The number of benzene rings is 6. The van der Waals surface area contributed by atoms with Crippen molar-refractivity contribution in [2.24, 2.45) is 22.7 Å². The molecule has 36 heteroatoms. The van der Waals surface area contributed by atoms with Gasteiger partial charge in [0.25, 0.3) is 11.8 Å². The number of carbonyl (C=O) groups is 8. The number of nitrogens with zero attached hydrogens (tertiary/aromatic N) is 10. The van der Waals surface area contributed by atoms with Crippen molar-refractivity contribution in [1.82, 2.24) is 41.0 Å². The van der Waals surface area contributed by atoms with Crippen molar-refractivity contribution in [2.45, 2.75) is 190 Å². The van der Waals surface area contributed by atoms with Crippen LogP contribution in [0.3, 0.4) is 0 Å². The fourth-order valence-corrected chi connectivity index (χ4v) is 17.6. The lowest BCUT2D eigenvalue weighted by Crippen LogP contribution is -2.58. The summed E-state index contributed by atoms with van der Waals surface area (Å²) in [7, 11) is 0. The first-order valence-corrected chi connectivity index (χ1v) is 46.4. The van der Waals surface area contributed by atoms with Crippen molar-refractivity contribution < 1.29 is 84.4 Å². The number of aromatic nitrogens is 2. The third kappa shape index (κ3) is 26.3. The molecule has 30 nitrogen and oxygen atoms in total. The minimum Gasteiger partial charge on any atom is -0.491 e. The largest absolute Gasteiger partial charge is 0.491 e. The quantitative estimate of drug-likeness (QED) is 0.0205. The Balaban J connectivity index is 0.000000260. The molecule has 8 aromatic rings. The summed E-state index contributed by atoms with van der Waals surface area (Å²) in [6, 6.07) is 34.2. The van der Waals surface area contributed by atoms with Gasteiger partial charge in [-0.25, -0.2) is 18.7 Å². The van der Waals surface area contributed by atoms with E-state index in [0.717, 1.165) is 27.9 Å². The van der Waals surface area contributed by atoms with Crippen LogP contribution in [0.2, 0.25) is 10.0 Å². The molecule has 4 aliphatic heterocycles. The molecule has 135 heavy (non-hydrogen) atoms. The first-order chi connectivity index (χ1) is 64.2. The van der Waals surface area contributed by atoms with Crippen LogP contribution in [0.4, 0.5) is 31.5 Å². The van der Waals surface area contributed by atoms with E-state index >= 15 is 8.78 Å². The number of halogens is 4. The number of carbonyl (C=O) groups excluding carboxylic acids is 8. The number of nitriles is 2. The highest BCUT2D eigenvalue weighted by molar-refractivity contribution is 7.81. The zero-order valence-corrected chi connectivity index (χ0v) is 81.3. The van der Waals surface area contributed by atoms with E-state index in [0.29, 0.717) is 138 Å². The number of ether oxygens (including phenoxy) is 6. The molecule has 6 aromatic carbocycles. The number of aryl methyl sites for hydroxylation is 1. The van der Waals surface area contributed by atoms with Crippen LogP contribution in [0, 0.1) is 63.9 Å². The lowest BCUT2D eigenvalue weighted by Gasteiger charge is -2.35.